The second-order valence-electron chi connectivity index (χ2n) is 6.24. The Hall–Kier alpha value is -3.15. The second-order valence-corrected chi connectivity index (χ2v) is 6.24. The van der Waals surface area contributed by atoms with Crippen LogP contribution in [0, 0.1) is 5.41 Å². The molecule has 3 N–H and O–H groups in total. The Labute approximate surface area is 158 Å². The van der Waals surface area contributed by atoms with Gasteiger partial charge in [0.1, 0.15) is 5.84 Å². The molecule has 0 aliphatic rings. The predicted molar refractivity (Wildman–Crippen MR) is 103 cm³/mol. The second kappa shape index (κ2) is 9.52. The fourth-order valence-corrected chi connectivity index (χ4v) is 2.90. The molecule has 27 heavy (non-hydrogen) atoms. The van der Waals surface area contributed by atoms with Crippen LogP contribution in [-0.2, 0) is 20.7 Å². The summed E-state index contributed by atoms with van der Waals surface area (Å²) in [6.45, 7) is 0. The highest BCUT2D eigenvalue weighted by atomic mass is 16.5. The molecule has 0 aliphatic carbocycles. The molecule has 0 saturated carbocycles. The number of esters is 2. The molecule has 1 atom stereocenters. The summed E-state index contributed by atoms with van der Waals surface area (Å²) >= 11 is 0. The minimum absolute atomic E-state index is 0.00735. The van der Waals surface area contributed by atoms with Gasteiger partial charge in [0, 0.05) is 5.56 Å². The molecule has 2 aromatic rings. The molecule has 0 saturated heterocycles. The third-order valence-corrected chi connectivity index (χ3v) is 4.47. The summed E-state index contributed by atoms with van der Waals surface area (Å²) in [7, 11) is 2.72. The molecule has 0 heterocycles. The molecule has 0 fully saturated rings. The van der Waals surface area contributed by atoms with Crippen LogP contribution in [0.2, 0.25) is 0 Å². The summed E-state index contributed by atoms with van der Waals surface area (Å²) in [6, 6.07) is 14.6. The Balaban J connectivity index is 2.15. The van der Waals surface area contributed by atoms with Gasteiger partial charge in [-0.25, -0.2) is 4.79 Å². The van der Waals surface area contributed by atoms with Crippen molar-refractivity contribution in [2.24, 2.45) is 5.73 Å². The minimum Gasteiger partial charge on any atom is -0.469 e. The van der Waals surface area contributed by atoms with Gasteiger partial charge < -0.3 is 15.2 Å². The van der Waals surface area contributed by atoms with Crippen molar-refractivity contribution in [1.82, 2.24) is 0 Å². The van der Waals surface area contributed by atoms with Crippen molar-refractivity contribution in [2.75, 3.05) is 14.2 Å². The largest absolute Gasteiger partial charge is 0.469 e. The first kappa shape index (κ1) is 20.2. The number of benzene rings is 2. The van der Waals surface area contributed by atoms with Gasteiger partial charge in [-0.05, 0) is 48.1 Å². The molecule has 6 heteroatoms. The van der Waals surface area contributed by atoms with Gasteiger partial charge in [0.05, 0.1) is 26.2 Å². The van der Waals surface area contributed by atoms with Gasteiger partial charge in [0.15, 0.2) is 0 Å². The monoisotopic (exact) mass is 368 g/mol. The molecule has 2 aromatic carbocycles. The van der Waals surface area contributed by atoms with Crippen molar-refractivity contribution in [1.29, 1.82) is 5.41 Å². The van der Waals surface area contributed by atoms with Crippen LogP contribution in [0.25, 0.3) is 0 Å². The van der Waals surface area contributed by atoms with Gasteiger partial charge in [-0.2, -0.15) is 0 Å². The molecule has 142 valence electrons. The van der Waals surface area contributed by atoms with Gasteiger partial charge in [0.2, 0.25) is 0 Å². The van der Waals surface area contributed by atoms with Crippen LogP contribution in [-0.4, -0.2) is 32.0 Å². The molecule has 0 unspecified atom stereocenters. The molecule has 0 spiro atoms. The summed E-state index contributed by atoms with van der Waals surface area (Å²) in [5.74, 6) is -0.718. The first-order valence-electron chi connectivity index (χ1n) is 8.63. The standard InChI is InChI=1S/C21H24N2O4/c1-26-19(24)13-17(16-4-3-5-18(12-16)20(22)23)11-8-14-6-9-15(10-7-14)21(25)27-2/h3-7,9-10,12,17H,8,11,13H2,1-2H3,(H3,22,23)/t17-/m1/s1. The van der Waals surface area contributed by atoms with Crippen LogP contribution in [0.15, 0.2) is 48.5 Å². The Morgan fingerprint density at radius 3 is 2.33 bits per heavy atom. The number of nitrogens with one attached hydrogen (secondary N) is 1. The number of carbonyl (C=O) groups is 2. The third kappa shape index (κ3) is 5.67. The van der Waals surface area contributed by atoms with Gasteiger partial charge in [-0.3, -0.25) is 10.2 Å². The summed E-state index contributed by atoms with van der Waals surface area (Å²) in [5.41, 5.74) is 8.71. The Morgan fingerprint density at radius 1 is 1.04 bits per heavy atom. The van der Waals surface area contributed by atoms with E-state index in [4.69, 9.17) is 20.6 Å². The van der Waals surface area contributed by atoms with Crippen molar-refractivity contribution in [3.63, 3.8) is 0 Å². The Kier molecular flexibility index (Phi) is 7.11. The number of hydrogen-bond acceptors (Lipinski definition) is 5. The molecule has 2 rings (SSSR count). The van der Waals surface area contributed by atoms with E-state index in [0.29, 0.717) is 17.5 Å². The molecule has 0 aromatic heterocycles. The van der Waals surface area contributed by atoms with E-state index >= 15 is 0 Å². The first-order valence-corrected chi connectivity index (χ1v) is 8.63. The maximum Gasteiger partial charge on any atom is 0.337 e. The summed E-state index contributed by atoms with van der Waals surface area (Å²) < 4.78 is 9.53. The molecule has 6 nitrogen and oxygen atoms in total. The zero-order valence-corrected chi connectivity index (χ0v) is 15.5. The smallest absolute Gasteiger partial charge is 0.337 e. The van der Waals surface area contributed by atoms with E-state index in [-0.39, 0.29) is 30.1 Å². The van der Waals surface area contributed by atoms with Crippen LogP contribution in [0.1, 0.15) is 45.8 Å². The van der Waals surface area contributed by atoms with E-state index in [0.717, 1.165) is 17.5 Å². The number of rotatable bonds is 8. The first-order chi connectivity index (χ1) is 12.9. The average Bonchev–Trinajstić information content (AvgIpc) is 2.70. The fraction of sp³-hybridized carbons (Fsp3) is 0.286. The van der Waals surface area contributed by atoms with Crippen molar-refractivity contribution < 1.29 is 19.1 Å². The molecule has 0 aliphatic heterocycles. The van der Waals surface area contributed by atoms with E-state index in [9.17, 15) is 9.59 Å². The number of hydrogen-bond donors (Lipinski definition) is 2. The predicted octanol–water partition coefficient (Wildman–Crippen LogP) is 3.04. The van der Waals surface area contributed by atoms with E-state index in [2.05, 4.69) is 0 Å². The van der Waals surface area contributed by atoms with Gasteiger partial charge in [0.25, 0.3) is 0 Å². The van der Waals surface area contributed by atoms with Crippen LogP contribution >= 0.6 is 0 Å². The Morgan fingerprint density at radius 2 is 1.74 bits per heavy atom. The summed E-state index contributed by atoms with van der Waals surface area (Å²) in [6.07, 6.45) is 1.69. The summed E-state index contributed by atoms with van der Waals surface area (Å²) in [5, 5.41) is 7.61. The minimum atomic E-state index is -0.369. The van der Waals surface area contributed by atoms with Crippen molar-refractivity contribution in [2.45, 2.75) is 25.2 Å². The van der Waals surface area contributed by atoms with Crippen LogP contribution in [0.4, 0.5) is 0 Å². The van der Waals surface area contributed by atoms with Crippen molar-refractivity contribution >= 4 is 17.8 Å². The number of ether oxygens (including phenoxy) is 2. The number of methoxy groups -OCH3 is 2. The molecular formula is C21H24N2O4. The average molecular weight is 368 g/mol. The highest BCUT2D eigenvalue weighted by Gasteiger charge is 2.18. The van der Waals surface area contributed by atoms with Crippen LogP contribution in [0.3, 0.4) is 0 Å². The van der Waals surface area contributed by atoms with Gasteiger partial charge in [-0.1, -0.05) is 30.3 Å². The normalized spacial score (nSPS) is 11.5. The number of aryl methyl sites for hydroxylation is 1. The van der Waals surface area contributed by atoms with Crippen molar-refractivity contribution in [3.05, 3.63) is 70.8 Å². The number of amidine groups is 1. The number of carbonyl (C=O) groups excluding carboxylic acids is 2. The quantitative estimate of drug-likeness (QED) is 0.423. The number of nitrogen functional groups attached to an aromatic ring is 1. The maximum atomic E-state index is 11.8. The van der Waals surface area contributed by atoms with Gasteiger partial charge in [-0.15, -0.1) is 0 Å². The van der Waals surface area contributed by atoms with Crippen LogP contribution in [0.5, 0.6) is 0 Å². The van der Waals surface area contributed by atoms with Crippen molar-refractivity contribution in [3.8, 4) is 0 Å². The van der Waals surface area contributed by atoms with Gasteiger partial charge >= 0.3 is 11.9 Å². The third-order valence-electron chi connectivity index (χ3n) is 4.47. The molecule has 0 bridgehead atoms. The highest BCUT2D eigenvalue weighted by Crippen LogP contribution is 2.27. The SMILES string of the molecule is COC(=O)C[C@@H](CCc1ccc(C(=O)OC)cc1)c1cccc(C(=N)N)c1. The molecule has 0 amide bonds. The fourth-order valence-electron chi connectivity index (χ4n) is 2.90. The van der Waals surface area contributed by atoms with E-state index in [1.54, 1.807) is 18.2 Å². The Bertz CT molecular complexity index is 815. The molecule has 0 radical (unpaired) electrons. The lowest BCUT2D eigenvalue weighted by Gasteiger charge is -2.17. The lowest BCUT2D eigenvalue weighted by molar-refractivity contribution is -0.141. The zero-order valence-electron chi connectivity index (χ0n) is 15.5. The van der Waals surface area contributed by atoms with Crippen LogP contribution < -0.4 is 5.73 Å². The van der Waals surface area contributed by atoms with E-state index < -0.39 is 0 Å². The lowest BCUT2D eigenvalue weighted by atomic mass is 9.88. The molecular weight excluding hydrogens is 344 g/mol. The zero-order chi connectivity index (χ0) is 19.8. The highest BCUT2D eigenvalue weighted by molar-refractivity contribution is 5.95. The summed E-state index contributed by atoms with van der Waals surface area (Å²) in [4.78, 5) is 23.4. The topological polar surface area (TPSA) is 102 Å². The number of nitrogens with two attached hydrogens (primary N) is 1. The maximum absolute atomic E-state index is 11.8. The lowest BCUT2D eigenvalue weighted by Crippen LogP contribution is -2.13. The van der Waals surface area contributed by atoms with E-state index in [1.807, 2.05) is 30.3 Å². The van der Waals surface area contributed by atoms with E-state index in [1.165, 1.54) is 14.2 Å².